The maximum absolute atomic E-state index is 13.3. The summed E-state index contributed by atoms with van der Waals surface area (Å²) in [5.41, 5.74) is 0.944. The Bertz CT molecular complexity index is 956. The van der Waals surface area contributed by atoms with E-state index in [0.717, 1.165) is 5.56 Å². The molecule has 2 fully saturated rings. The van der Waals surface area contributed by atoms with Crippen molar-refractivity contribution in [2.45, 2.75) is 24.4 Å². The second-order valence-corrected chi connectivity index (χ2v) is 9.71. The number of benzene rings is 2. The van der Waals surface area contributed by atoms with Crippen LogP contribution in [0.4, 0.5) is 0 Å². The minimum absolute atomic E-state index is 0.0368. The number of hydrogen-bond acceptors (Lipinski definition) is 4. The van der Waals surface area contributed by atoms with E-state index in [1.807, 2.05) is 36.4 Å². The number of hydrogen-bond donors (Lipinski definition) is 1. The van der Waals surface area contributed by atoms with Crippen molar-refractivity contribution in [1.82, 2.24) is 9.21 Å². The molecule has 0 bridgehead atoms. The molecule has 0 aliphatic carbocycles. The first-order valence-corrected chi connectivity index (χ1v) is 11.1. The first kappa shape index (κ1) is 19.1. The Kier molecular flexibility index (Phi) is 4.77. The normalized spacial score (nSPS) is 23.9. The van der Waals surface area contributed by atoms with Crippen molar-refractivity contribution in [1.29, 1.82) is 0 Å². The quantitative estimate of drug-likeness (QED) is 0.829. The van der Waals surface area contributed by atoms with Gasteiger partial charge in [0.05, 0.1) is 23.9 Å². The molecular formula is C21H24N2O4S. The van der Waals surface area contributed by atoms with Crippen LogP contribution in [0.1, 0.15) is 28.8 Å². The van der Waals surface area contributed by atoms with Gasteiger partial charge in [-0.05, 0) is 24.6 Å². The zero-order valence-corrected chi connectivity index (χ0v) is 16.5. The van der Waals surface area contributed by atoms with Gasteiger partial charge in [0.2, 0.25) is 10.0 Å². The molecule has 1 amide bonds. The number of carbonyl (C=O) groups is 1. The zero-order valence-electron chi connectivity index (χ0n) is 15.7. The molecule has 0 radical (unpaired) electrons. The molecule has 7 heteroatoms. The lowest BCUT2D eigenvalue weighted by Crippen LogP contribution is -2.85. The zero-order chi connectivity index (χ0) is 19.9. The predicted octanol–water partition coefficient (Wildman–Crippen LogP) is 1.69. The number of sulfonamides is 1. The van der Waals surface area contributed by atoms with E-state index >= 15 is 0 Å². The molecule has 1 spiro atoms. The lowest BCUT2D eigenvalue weighted by molar-refractivity contribution is -0.142. The molecule has 148 valence electrons. The van der Waals surface area contributed by atoms with E-state index in [1.54, 1.807) is 36.1 Å². The number of rotatable bonds is 5. The monoisotopic (exact) mass is 400 g/mol. The van der Waals surface area contributed by atoms with E-state index in [0.29, 0.717) is 5.56 Å². The Morgan fingerprint density at radius 1 is 1.07 bits per heavy atom. The predicted molar refractivity (Wildman–Crippen MR) is 106 cm³/mol. The third kappa shape index (κ3) is 2.77. The highest BCUT2D eigenvalue weighted by Gasteiger charge is 2.68. The second-order valence-electron chi connectivity index (χ2n) is 7.45. The Hall–Kier alpha value is -2.22. The van der Waals surface area contributed by atoms with Crippen LogP contribution in [0.5, 0.6) is 0 Å². The number of likely N-dealkylation sites (tertiary alicyclic amines) is 1. The molecule has 0 saturated carbocycles. The number of aliphatic hydroxyl groups is 1. The van der Waals surface area contributed by atoms with Gasteiger partial charge in [-0.15, -0.1) is 0 Å². The van der Waals surface area contributed by atoms with E-state index < -0.39 is 15.6 Å². The number of amides is 1. The molecule has 2 saturated heterocycles. The highest BCUT2D eigenvalue weighted by molar-refractivity contribution is 7.89. The lowest BCUT2D eigenvalue weighted by Gasteiger charge is -2.70. The summed E-state index contributed by atoms with van der Waals surface area (Å²) in [6.45, 7) is 1.98. The van der Waals surface area contributed by atoms with Crippen molar-refractivity contribution >= 4 is 15.9 Å². The van der Waals surface area contributed by atoms with Crippen LogP contribution in [0, 0.1) is 0 Å². The fourth-order valence-electron chi connectivity index (χ4n) is 4.65. The minimum Gasteiger partial charge on any atom is -0.394 e. The van der Waals surface area contributed by atoms with Crippen molar-refractivity contribution in [2.75, 3.05) is 25.4 Å². The van der Waals surface area contributed by atoms with Crippen LogP contribution in [0.25, 0.3) is 0 Å². The fraction of sp³-hybridized carbons (Fsp3) is 0.381. The van der Waals surface area contributed by atoms with E-state index in [4.69, 9.17) is 0 Å². The first-order valence-electron chi connectivity index (χ1n) is 9.47. The van der Waals surface area contributed by atoms with Crippen LogP contribution in [-0.4, -0.2) is 65.7 Å². The van der Waals surface area contributed by atoms with Crippen molar-refractivity contribution in [3.05, 3.63) is 71.8 Å². The van der Waals surface area contributed by atoms with Crippen molar-refractivity contribution in [2.24, 2.45) is 0 Å². The highest BCUT2D eigenvalue weighted by Crippen LogP contribution is 2.54. The van der Waals surface area contributed by atoms with Gasteiger partial charge in [0.1, 0.15) is 0 Å². The summed E-state index contributed by atoms with van der Waals surface area (Å²) < 4.78 is 26.1. The summed E-state index contributed by atoms with van der Waals surface area (Å²) in [4.78, 5) is 15.0. The van der Waals surface area contributed by atoms with Gasteiger partial charge < -0.3 is 10.0 Å². The van der Waals surface area contributed by atoms with Gasteiger partial charge in [0, 0.05) is 24.6 Å². The molecular weight excluding hydrogens is 376 g/mol. The number of carbonyl (C=O) groups excluding carboxylic acids is 1. The summed E-state index contributed by atoms with van der Waals surface area (Å²) in [5.74, 6) is -0.232. The Labute approximate surface area is 165 Å². The molecule has 0 unspecified atom stereocenters. The summed E-state index contributed by atoms with van der Waals surface area (Å²) in [6.07, 6.45) is 0. The van der Waals surface area contributed by atoms with Crippen LogP contribution < -0.4 is 0 Å². The van der Waals surface area contributed by atoms with Crippen LogP contribution in [-0.2, 0) is 10.0 Å². The number of nitrogens with zero attached hydrogens (tertiary/aromatic N) is 2. The van der Waals surface area contributed by atoms with Gasteiger partial charge >= 0.3 is 0 Å². The third-order valence-corrected chi connectivity index (χ3v) is 7.79. The lowest BCUT2D eigenvalue weighted by atomic mass is 9.61. The average Bonchev–Trinajstić information content (AvgIpc) is 2.67. The van der Waals surface area contributed by atoms with Gasteiger partial charge in [0.25, 0.3) is 5.91 Å². The number of aliphatic hydroxyl groups excluding tert-OH is 1. The van der Waals surface area contributed by atoms with Crippen molar-refractivity contribution in [3.8, 4) is 0 Å². The van der Waals surface area contributed by atoms with Crippen LogP contribution in [0.2, 0.25) is 0 Å². The van der Waals surface area contributed by atoms with Gasteiger partial charge in [-0.2, -0.15) is 4.31 Å². The molecule has 28 heavy (non-hydrogen) atoms. The maximum Gasteiger partial charge on any atom is 0.254 e. The maximum atomic E-state index is 13.3. The van der Waals surface area contributed by atoms with Gasteiger partial charge in [-0.1, -0.05) is 48.5 Å². The molecule has 1 N–H and O–H groups in total. The summed E-state index contributed by atoms with van der Waals surface area (Å²) in [5, 5.41) is 10.1. The van der Waals surface area contributed by atoms with Gasteiger partial charge in [-0.25, -0.2) is 8.42 Å². The third-order valence-electron chi connectivity index (χ3n) is 6.02. The average molecular weight is 401 g/mol. The standard InChI is InChI=1S/C21H24N2O4S/c1-2-28(26,27)22-14-21(15-22)19(16-9-5-3-6-10-16)18(13-24)23(21)20(25)17-11-7-4-8-12-17/h3-12,18-19,24H,2,13-15H2,1H3/t18-,19+/m1/s1. The molecule has 2 aliphatic heterocycles. The Morgan fingerprint density at radius 2 is 1.64 bits per heavy atom. The molecule has 2 atom stereocenters. The van der Waals surface area contributed by atoms with E-state index in [1.165, 1.54) is 4.31 Å². The van der Waals surface area contributed by atoms with Crippen molar-refractivity contribution < 1.29 is 18.3 Å². The van der Waals surface area contributed by atoms with E-state index in [-0.39, 0.29) is 43.3 Å². The van der Waals surface area contributed by atoms with Crippen molar-refractivity contribution in [3.63, 3.8) is 0 Å². The molecule has 2 aliphatic rings. The van der Waals surface area contributed by atoms with Crippen LogP contribution >= 0.6 is 0 Å². The minimum atomic E-state index is -3.32. The second kappa shape index (κ2) is 6.99. The Balaban J connectivity index is 1.72. The van der Waals surface area contributed by atoms with Crippen LogP contribution in [0.3, 0.4) is 0 Å². The van der Waals surface area contributed by atoms with Crippen LogP contribution in [0.15, 0.2) is 60.7 Å². The highest BCUT2D eigenvalue weighted by atomic mass is 32.2. The first-order chi connectivity index (χ1) is 13.4. The fourth-order valence-corrected chi connectivity index (χ4v) is 5.86. The van der Waals surface area contributed by atoms with E-state index in [2.05, 4.69) is 0 Å². The van der Waals surface area contributed by atoms with E-state index in [9.17, 15) is 18.3 Å². The largest absolute Gasteiger partial charge is 0.394 e. The van der Waals surface area contributed by atoms with Gasteiger partial charge in [0.15, 0.2) is 0 Å². The molecule has 2 aromatic carbocycles. The SMILES string of the molecule is CCS(=O)(=O)N1CC2(C1)[C@@H](c1ccccc1)[C@@H](CO)N2C(=O)c1ccccc1. The molecule has 0 aromatic heterocycles. The summed E-state index contributed by atoms with van der Waals surface area (Å²) in [6, 6.07) is 18.3. The summed E-state index contributed by atoms with van der Waals surface area (Å²) in [7, 11) is -3.32. The molecule has 2 aromatic rings. The molecule has 4 rings (SSSR count). The van der Waals surface area contributed by atoms with Gasteiger partial charge in [-0.3, -0.25) is 4.79 Å². The molecule has 2 heterocycles. The smallest absolute Gasteiger partial charge is 0.254 e. The summed E-state index contributed by atoms with van der Waals surface area (Å²) >= 11 is 0. The molecule has 6 nitrogen and oxygen atoms in total. The Morgan fingerprint density at radius 3 is 2.18 bits per heavy atom. The topological polar surface area (TPSA) is 77.9 Å².